The Hall–Kier alpha value is -3.79. The van der Waals surface area contributed by atoms with Gasteiger partial charge in [-0.05, 0) is 6.07 Å². The first kappa shape index (κ1) is 28.4. The zero-order valence-electron chi connectivity index (χ0n) is 19.4. The van der Waals surface area contributed by atoms with Gasteiger partial charge in [-0.2, -0.15) is 0 Å². The number of hydrogen-bond donors (Lipinski definition) is 0. The van der Waals surface area contributed by atoms with Gasteiger partial charge in [0.15, 0.2) is 18.3 Å². The van der Waals surface area contributed by atoms with Crippen molar-refractivity contribution in [2.24, 2.45) is 0 Å². The smallest absolute Gasteiger partial charge is 0.303 e. The number of nitro groups is 2. The fraction of sp³-hybridized carbons (Fsp3) is 0.500. The zero-order chi connectivity index (χ0) is 27.2. The molecule has 1 aromatic rings. The fourth-order valence-electron chi connectivity index (χ4n) is 3.27. The van der Waals surface area contributed by atoms with Gasteiger partial charge in [0.05, 0.1) is 20.8 Å². The predicted octanol–water partition coefficient (Wildman–Crippen LogP) is 1.68. The molecule has 0 radical (unpaired) electrons. The van der Waals surface area contributed by atoms with Gasteiger partial charge in [0.1, 0.15) is 18.1 Å². The number of hydrogen-bond acceptors (Lipinski definition) is 14. The van der Waals surface area contributed by atoms with Gasteiger partial charge < -0.3 is 23.7 Å². The van der Waals surface area contributed by atoms with Gasteiger partial charge in [0.2, 0.25) is 0 Å². The lowest BCUT2D eigenvalue weighted by molar-refractivity contribution is -0.396. The predicted molar refractivity (Wildman–Crippen MR) is 118 cm³/mol. The van der Waals surface area contributed by atoms with E-state index in [1.165, 1.54) is 0 Å². The van der Waals surface area contributed by atoms with Crippen LogP contribution in [-0.4, -0.2) is 70.2 Å². The molecule has 0 aliphatic carbocycles. The molecule has 1 fully saturated rings. The summed E-state index contributed by atoms with van der Waals surface area (Å²) in [5, 5.41) is 22.6. The Balaban J connectivity index is 2.57. The van der Waals surface area contributed by atoms with Crippen LogP contribution in [0.1, 0.15) is 27.7 Å². The Bertz CT molecular complexity index is 1060. The van der Waals surface area contributed by atoms with E-state index in [1.54, 1.807) is 0 Å². The van der Waals surface area contributed by atoms with Crippen molar-refractivity contribution < 1.29 is 52.7 Å². The zero-order valence-corrected chi connectivity index (χ0v) is 20.3. The van der Waals surface area contributed by atoms with Gasteiger partial charge in [-0.25, -0.2) is 0 Å². The second-order valence-electron chi connectivity index (χ2n) is 7.35. The molecule has 15 nitrogen and oxygen atoms in total. The van der Waals surface area contributed by atoms with E-state index in [4.69, 9.17) is 23.7 Å². The van der Waals surface area contributed by atoms with E-state index in [9.17, 15) is 39.4 Å². The highest BCUT2D eigenvalue weighted by Crippen LogP contribution is 2.41. The van der Waals surface area contributed by atoms with Crippen molar-refractivity contribution in [2.75, 3.05) is 6.61 Å². The summed E-state index contributed by atoms with van der Waals surface area (Å²) in [5.74, 6) is -3.20. The standard InChI is InChI=1S/C20H22N2O13S/c1-9(23)31-8-15-17(32-10(2)24)18(33-11(3)25)19(34-12(4)26)20(35-15)36-16-6-5-13(21(27)28)7-14(16)22(29)30/h5-7,15,17-20H,8H2,1-4H3/t15-,17-,18-,19-,20-/m0/s1. The lowest BCUT2D eigenvalue weighted by Gasteiger charge is -2.44. The van der Waals surface area contributed by atoms with Crippen molar-refractivity contribution in [1.29, 1.82) is 0 Å². The van der Waals surface area contributed by atoms with Crippen molar-refractivity contribution in [3.8, 4) is 0 Å². The molecule has 0 N–H and O–H groups in total. The number of ether oxygens (including phenoxy) is 5. The first-order valence-electron chi connectivity index (χ1n) is 10.2. The normalized spacial score (nSPS) is 23.2. The lowest BCUT2D eigenvalue weighted by Crippen LogP contribution is -2.61. The third-order valence-corrected chi connectivity index (χ3v) is 5.75. The van der Waals surface area contributed by atoms with Crippen molar-refractivity contribution in [2.45, 2.75) is 62.4 Å². The summed E-state index contributed by atoms with van der Waals surface area (Å²) < 4.78 is 26.7. The molecule has 36 heavy (non-hydrogen) atoms. The van der Waals surface area contributed by atoms with Gasteiger partial charge in [0.25, 0.3) is 11.4 Å². The van der Waals surface area contributed by atoms with Crippen LogP contribution in [0.25, 0.3) is 0 Å². The molecule has 1 saturated heterocycles. The molecule has 1 aromatic carbocycles. The van der Waals surface area contributed by atoms with E-state index in [0.717, 1.165) is 45.9 Å². The summed E-state index contributed by atoms with van der Waals surface area (Å²) in [6, 6.07) is 2.88. The molecule has 16 heteroatoms. The van der Waals surface area contributed by atoms with E-state index in [0.29, 0.717) is 11.8 Å². The van der Waals surface area contributed by atoms with Crippen molar-refractivity contribution in [3.05, 3.63) is 38.4 Å². The molecule has 1 heterocycles. The second-order valence-corrected chi connectivity index (χ2v) is 8.49. The highest BCUT2D eigenvalue weighted by molar-refractivity contribution is 8.00. The third-order valence-electron chi connectivity index (χ3n) is 4.54. The number of esters is 4. The Morgan fingerprint density at radius 1 is 0.861 bits per heavy atom. The number of rotatable bonds is 9. The summed E-state index contributed by atoms with van der Waals surface area (Å²) in [7, 11) is 0. The summed E-state index contributed by atoms with van der Waals surface area (Å²) >= 11 is 0.644. The van der Waals surface area contributed by atoms with Crippen LogP contribution in [0.4, 0.5) is 11.4 Å². The Morgan fingerprint density at radius 2 is 1.42 bits per heavy atom. The highest BCUT2D eigenvalue weighted by Gasteiger charge is 2.52. The van der Waals surface area contributed by atoms with Gasteiger partial charge in [-0.15, -0.1) is 0 Å². The average molecular weight is 530 g/mol. The number of carbonyl (C=O) groups excluding carboxylic acids is 4. The largest absolute Gasteiger partial charge is 0.463 e. The van der Waals surface area contributed by atoms with Crippen LogP contribution >= 0.6 is 11.8 Å². The van der Waals surface area contributed by atoms with Crippen LogP contribution < -0.4 is 0 Å². The van der Waals surface area contributed by atoms with Crippen molar-refractivity contribution >= 4 is 47.0 Å². The molecular weight excluding hydrogens is 508 g/mol. The molecule has 5 atom stereocenters. The Labute approximate surface area is 207 Å². The maximum atomic E-state index is 11.9. The third kappa shape index (κ3) is 7.61. The van der Waals surface area contributed by atoms with Crippen LogP contribution in [0, 0.1) is 20.2 Å². The van der Waals surface area contributed by atoms with Gasteiger partial charge in [0, 0.05) is 33.8 Å². The summed E-state index contributed by atoms with van der Waals surface area (Å²) in [5.41, 5.74) is -2.50. The first-order valence-corrected chi connectivity index (χ1v) is 11.1. The molecule has 0 spiro atoms. The Morgan fingerprint density at radius 3 is 1.92 bits per heavy atom. The van der Waals surface area contributed by atoms with Gasteiger partial charge in [-0.1, -0.05) is 11.8 Å². The average Bonchev–Trinajstić information content (AvgIpc) is 2.75. The number of benzene rings is 1. The minimum absolute atomic E-state index is 0.105. The Kier molecular flexibility index (Phi) is 9.68. The molecule has 0 bridgehead atoms. The van der Waals surface area contributed by atoms with E-state index in [2.05, 4.69) is 0 Å². The van der Waals surface area contributed by atoms with E-state index >= 15 is 0 Å². The van der Waals surface area contributed by atoms with Crippen molar-refractivity contribution in [1.82, 2.24) is 0 Å². The van der Waals surface area contributed by atoms with Crippen molar-refractivity contribution in [3.63, 3.8) is 0 Å². The summed E-state index contributed by atoms with van der Waals surface area (Å²) in [6.07, 6.45) is -5.55. The first-order chi connectivity index (χ1) is 16.8. The molecule has 0 unspecified atom stereocenters. The number of nitro benzene ring substituents is 2. The number of non-ortho nitro benzene ring substituents is 1. The highest BCUT2D eigenvalue weighted by atomic mass is 32.2. The minimum Gasteiger partial charge on any atom is -0.463 e. The molecular formula is C20H22N2O13S. The number of nitrogens with zero attached hydrogens (tertiary/aromatic N) is 2. The van der Waals surface area contributed by atoms with Gasteiger partial charge >= 0.3 is 23.9 Å². The minimum atomic E-state index is -1.46. The number of thioether (sulfide) groups is 1. The quantitative estimate of drug-likeness (QED) is 0.193. The van der Waals surface area contributed by atoms with Crippen LogP contribution in [0.15, 0.2) is 23.1 Å². The summed E-state index contributed by atoms with van der Waals surface area (Å²) in [4.78, 5) is 67.8. The van der Waals surface area contributed by atoms with Gasteiger partial charge in [-0.3, -0.25) is 39.4 Å². The fourth-order valence-corrected chi connectivity index (χ4v) is 4.46. The van der Waals surface area contributed by atoms with Crippen LogP contribution in [0.2, 0.25) is 0 Å². The number of carbonyl (C=O) groups is 4. The molecule has 0 amide bonds. The lowest BCUT2D eigenvalue weighted by atomic mass is 9.99. The van der Waals surface area contributed by atoms with Crippen LogP contribution in [0.5, 0.6) is 0 Å². The SMILES string of the molecule is CC(=O)OC[C@@H]1O[C@@H](Sc2ccc([N+](=O)[O-])cc2[N+](=O)[O-])[C@@H](OC(C)=O)[C@@H](OC(C)=O)[C@H]1OC(C)=O. The van der Waals surface area contributed by atoms with Crippen LogP contribution in [0.3, 0.4) is 0 Å². The van der Waals surface area contributed by atoms with E-state index in [1.807, 2.05) is 0 Å². The van der Waals surface area contributed by atoms with Crippen LogP contribution in [-0.2, 0) is 42.9 Å². The maximum Gasteiger partial charge on any atom is 0.303 e. The molecule has 0 aromatic heterocycles. The molecule has 1 aliphatic rings. The second kappa shape index (κ2) is 12.3. The summed E-state index contributed by atoms with van der Waals surface area (Å²) in [6.45, 7) is 3.80. The molecule has 1 aliphatic heterocycles. The monoisotopic (exact) mass is 530 g/mol. The maximum absolute atomic E-state index is 11.9. The van der Waals surface area contributed by atoms with E-state index in [-0.39, 0.29) is 4.90 Å². The molecule has 196 valence electrons. The van der Waals surface area contributed by atoms with E-state index < -0.39 is 81.6 Å². The molecule has 2 rings (SSSR count). The topological polar surface area (TPSA) is 201 Å². The molecule has 0 saturated carbocycles.